The molecule has 0 aliphatic heterocycles. The van der Waals surface area contributed by atoms with Gasteiger partial charge in [-0.15, -0.1) is 0 Å². The first kappa shape index (κ1) is 14.3. The SMILES string of the molecule is COc1ccc(NC(C)=O)cc1/C=C/CCCN. The number of nitrogens with one attached hydrogen (secondary N) is 1. The van der Waals surface area contributed by atoms with Gasteiger partial charge in [-0.05, 0) is 37.6 Å². The van der Waals surface area contributed by atoms with Crippen molar-refractivity contribution in [3.63, 3.8) is 0 Å². The Morgan fingerprint density at radius 3 is 2.89 bits per heavy atom. The minimum Gasteiger partial charge on any atom is -0.496 e. The molecule has 1 aromatic carbocycles. The fourth-order valence-electron chi connectivity index (χ4n) is 1.59. The first-order valence-corrected chi connectivity index (χ1v) is 5.99. The second-order valence-electron chi connectivity index (χ2n) is 3.97. The first-order chi connectivity index (χ1) is 8.67. The van der Waals surface area contributed by atoms with E-state index < -0.39 is 0 Å². The number of benzene rings is 1. The summed E-state index contributed by atoms with van der Waals surface area (Å²) in [6, 6.07) is 5.55. The zero-order valence-electron chi connectivity index (χ0n) is 10.9. The van der Waals surface area contributed by atoms with Gasteiger partial charge in [-0.25, -0.2) is 0 Å². The molecule has 98 valence electrons. The van der Waals surface area contributed by atoms with Gasteiger partial charge in [0.25, 0.3) is 0 Å². The third-order valence-electron chi connectivity index (χ3n) is 2.42. The van der Waals surface area contributed by atoms with Gasteiger partial charge in [-0.1, -0.05) is 12.2 Å². The van der Waals surface area contributed by atoms with Crippen molar-refractivity contribution in [2.24, 2.45) is 5.73 Å². The Kier molecular flexibility index (Phi) is 5.94. The van der Waals surface area contributed by atoms with E-state index in [4.69, 9.17) is 10.5 Å². The molecule has 0 aliphatic rings. The molecular formula is C14H20N2O2. The standard InChI is InChI=1S/C14H20N2O2/c1-11(17)16-13-7-8-14(18-2)12(10-13)6-4-3-5-9-15/h4,6-8,10H,3,5,9,15H2,1-2H3,(H,16,17)/b6-4+. The molecule has 0 bridgehead atoms. The Labute approximate surface area is 108 Å². The molecule has 0 atom stereocenters. The lowest BCUT2D eigenvalue weighted by Crippen LogP contribution is -2.05. The molecule has 0 saturated carbocycles. The van der Waals surface area contributed by atoms with Crippen LogP contribution in [0.25, 0.3) is 6.08 Å². The maximum absolute atomic E-state index is 11.0. The van der Waals surface area contributed by atoms with Crippen LogP contribution in [0.3, 0.4) is 0 Å². The van der Waals surface area contributed by atoms with Crippen molar-refractivity contribution in [1.29, 1.82) is 0 Å². The Bertz CT molecular complexity index is 428. The summed E-state index contributed by atoms with van der Waals surface area (Å²) in [6.07, 6.45) is 5.94. The molecule has 0 heterocycles. The van der Waals surface area contributed by atoms with Crippen LogP contribution in [0.15, 0.2) is 24.3 Å². The molecule has 3 N–H and O–H groups in total. The predicted molar refractivity (Wildman–Crippen MR) is 74.6 cm³/mol. The molecule has 1 aromatic rings. The Morgan fingerprint density at radius 1 is 1.50 bits per heavy atom. The summed E-state index contributed by atoms with van der Waals surface area (Å²) in [7, 11) is 1.63. The molecule has 0 fully saturated rings. The number of methoxy groups -OCH3 is 1. The maximum Gasteiger partial charge on any atom is 0.221 e. The van der Waals surface area contributed by atoms with Gasteiger partial charge >= 0.3 is 0 Å². The summed E-state index contributed by atoms with van der Waals surface area (Å²) < 4.78 is 5.27. The normalized spacial score (nSPS) is 10.6. The van der Waals surface area contributed by atoms with Crippen LogP contribution in [0.1, 0.15) is 25.3 Å². The number of nitrogens with two attached hydrogens (primary N) is 1. The number of unbranched alkanes of at least 4 members (excludes halogenated alkanes) is 1. The smallest absolute Gasteiger partial charge is 0.221 e. The third-order valence-corrected chi connectivity index (χ3v) is 2.42. The van der Waals surface area contributed by atoms with Gasteiger partial charge in [-0.3, -0.25) is 4.79 Å². The molecule has 18 heavy (non-hydrogen) atoms. The van der Waals surface area contributed by atoms with E-state index in [1.165, 1.54) is 6.92 Å². The molecule has 1 amide bonds. The van der Waals surface area contributed by atoms with E-state index >= 15 is 0 Å². The minimum atomic E-state index is -0.0850. The fraction of sp³-hybridized carbons (Fsp3) is 0.357. The molecule has 0 radical (unpaired) electrons. The van der Waals surface area contributed by atoms with Crippen LogP contribution in [-0.4, -0.2) is 19.6 Å². The highest BCUT2D eigenvalue weighted by Crippen LogP contribution is 2.24. The van der Waals surface area contributed by atoms with Crippen molar-refractivity contribution in [3.8, 4) is 5.75 Å². The highest BCUT2D eigenvalue weighted by molar-refractivity contribution is 5.89. The van der Waals surface area contributed by atoms with Gasteiger partial charge in [0.2, 0.25) is 5.91 Å². The van der Waals surface area contributed by atoms with Crippen molar-refractivity contribution in [1.82, 2.24) is 0 Å². The van der Waals surface area contributed by atoms with E-state index in [1.54, 1.807) is 7.11 Å². The van der Waals surface area contributed by atoms with Crippen molar-refractivity contribution >= 4 is 17.7 Å². The van der Waals surface area contributed by atoms with Gasteiger partial charge in [0.05, 0.1) is 7.11 Å². The van der Waals surface area contributed by atoms with Crippen LogP contribution in [-0.2, 0) is 4.79 Å². The number of hydrogen-bond donors (Lipinski definition) is 2. The van der Waals surface area contributed by atoms with Gasteiger partial charge in [0.1, 0.15) is 5.75 Å². The number of carbonyl (C=O) groups is 1. The largest absolute Gasteiger partial charge is 0.496 e. The lowest BCUT2D eigenvalue weighted by Gasteiger charge is -2.08. The van der Waals surface area contributed by atoms with Crippen LogP contribution in [0, 0.1) is 0 Å². The van der Waals surface area contributed by atoms with E-state index in [0.29, 0.717) is 6.54 Å². The molecule has 4 nitrogen and oxygen atoms in total. The topological polar surface area (TPSA) is 64.3 Å². The van der Waals surface area contributed by atoms with Crippen molar-refractivity contribution in [2.75, 3.05) is 19.0 Å². The number of amides is 1. The molecule has 1 rings (SSSR count). The molecule has 0 aromatic heterocycles. The molecular weight excluding hydrogens is 228 g/mol. The third kappa shape index (κ3) is 4.59. The number of anilines is 1. The van der Waals surface area contributed by atoms with Crippen molar-refractivity contribution < 1.29 is 9.53 Å². The molecule has 0 spiro atoms. The van der Waals surface area contributed by atoms with Crippen molar-refractivity contribution in [3.05, 3.63) is 29.8 Å². The quantitative estimate of drug-likeness (QED) is 0.760. The molecule has 0 saturated heterocycles. The summed E-state index contributed by atoms with van der Waals surface area (Å²) in [5.74, 6) is 0.700. The summed E-state index contributed by atoms with van der Waals surface area (Å²) >= 11 is 0. The molecule has 4 heteroatoms. The van der Waals surface area contributed by atoms with Gasteiger partial charge < -0.3 is 15.8 Å². The van der Waals surface area contributed by atoms with E-state index in [2.05, 4.69) is 11.4 Å². The van der Waals surface area contributed by atoms with Gasteiger partial charge in [0, 0.05) is 18.2 Å². The predicted octanol–water partition coefficient (Wildman–Crippen LogP) is 2.41. The van der Waals surface area contributed by atoms with E-state index in [0.717, 1.165) is 29.8 Å². The van der Waals surface area contributed by atoms with E-state index in [9.17, 15) is 4.79 Å². The second kappa shape index (κ2) is 7.50. The average Bonchev–Trinajstić information content (AvgIpc) is 2.34. The van der Waals surface area contributed by atoms with Crippen LogP contribution in [0.5, 0.6) is 5.75 Å². The number of carbonyl (C=O) groups excluding carboxylic acids is 1. The number of hydrogen-bond acceptors (Lipinski definition) is 3. The van der Waals surface area contributed by atoms with Gasteiger partial charge in [0.15, 0.2) is 0 Å². The van der Waals surface area contributed by atoms with Crippen molar-refractivity contribution in [2.45, 2.75) is 19.8 Å². The highest BCUT2D eigenvalue weighted by Gasteiger charge is 2.02. The van der Waals surface area contributed by atoms with Crippen LogP contribution in [0.2, 0.25) is 0 Å². The number of ether oxygens (including phenoxy) is 1. The molecule has 0 aliphatic carbocycles. The fourth-order valence-corrected chi connectivity index (χ4v) is 1.59. The minimum absolute atomic E-state index is 0.0850. The monoisotopic (exact) mass is 248 g/mol. The summed E-state index contributed by atoms with van der Waals surface area (Å²) in [5, 5.41) is 2.75. The summed E-state index contributed by atoms with van der Waals surface area (Å²) in [6.45, 7) is 2.17. The second-order valence-corrected chi connectivity index (χ2v) is 3.97. The summed E-state index contributed by atoms with van der Waals surface area (Å²) in [5.41, 5.74) is 7.15. The number of rotatable bonds is 6. The zero-order valence-corrected chi connectivity index (χ0v) is 10.9. The van der Waals surface area contributed by atoms with E-state index in [1.807, 2.05) is 24.3 Å². The molecule has 0 unspecified atom stereocenters. The zero-order chi connectivity index (χ0) is 13.4. The lowest BCUT2D eigenvalue weighted by atomic mass is 10.1. The Hall–Kier alpha value is -1.81. The number of allylic oxidation sites excluding steroid dienone is 1. The highest BCUT2D eigenvalue weighted by atomic mass is 16.5. The Balaban J connectivity index is 2.84. The van der Waals surface area contributed by atoms with Crippen LogP contribution < -0.4 is 15.8 Å². The summed E-state index contributed by atoms with van der Waals surface area (Å²) in [4.78, 5) is 11.0. The average molecular weight is 248 g/mol. The van der Waals surface area contributed by atoms with Gasteiger partial charge in [-0.2, -0.15) is 0 Å². The van der Waals surface area contributed by atoms with Crippen LogP contribution >= 0.6 is 0 Å². The van der Waals surface area contributed by atoms with Crippen LogP contribution in [0.4, 0.5) is 5.69 Å². The maximum atomic E-state index is 11.0. The van der Waals surface area contributed by atoms with E-state index in [-0.39, 0.29) is 5.91 Å². The Morgan fingerprint density at radius 2 is 2.28 bits per heavy atom. The lowest BCUT2D eigenvalue weighted by molar-refractivity contribution is -0.114. The first-order valence-electron chi connectivity index (χ1n) is 5.99.